The molecule has 0 saturated carbocycles. The normalized spacial score (nSPS) is 10.6. The molecule has 106 valence electrons. The quantitative estimate of drug-likeness (QED) is 0.920. The minimum absolute atomic E-state index is 0.107. The number of aromatic nitrogens is 1. The minimum atomic E-state index is -0.140. The second kappa shape index (κ2) is 6.52. The van der Waals surface area contributed by atoms with Crippen molar-refractivity contribution in [1.82, 2.24) is 10.3 Å². The average Bonchev–Trinajstić information content (AvgIpc) is 2.86. The van der Waals surface area contributed by atoms with E-state index in [1.54, 1.807) is 5.38 Å². The predicted molar refractivity (Wildman–Crippen MR) is 80.2 cm³/mol. The van der Waals surface area contributed by atoms with Gasteiger partial charge in [0.15, 0.2) is 0 Å². The van der Waals surface area contributed by atoms with Crippen molar-refractivity contribution >= 4 is 17.2 Å². The topological polar surface area (TPSA) is 51.2 Å². The Morgan fingerprint density at radius 3 is 2.85 bits per heavy atom. The molecule has 0 aliphatic carbocycles. The summed E-state index contributed by atoms with van der Waals surface area (Å²) < 4.78 is 5.71. The maximum Gasteiger partial charge on any atom is 0.270 e. The van der Waals surface area contributed by atoms with Crippen LogP contribution in [-0.2, 0) is 6.61 Å². The Morgan fingerprint density at radius 2 is 2.15 bits per heavy atom. The largest absolute Gasteiger partial charge is 0.486 e. The van der Waals surface area contributed by atoms with E-state index in [0.29, 0.717) is 12.3 Å². The number of carbonyl (C=O) groups excluding carboxylic acids is 1. The molecule has 5 heteroatoms. The van der Waals surface area contributed by atoms with Gasteiger partial charge < -0.3 is 10.1 Å². The van der Waals surface area contributed by atoms with Gasteiger partial charge in [-0.25, -0.2) is 4.98 Å². The van der Waals surface area contributed by atoms with Gasteiger partial charge in [0.2, 0.25) is 0 Å². The summed E-state index contributed by atoms with van der Waals surface area (Å²) in [4.78, 5) is 16.1. The fourth-order valence-electron chi connectivity index (χ4n) is 1.68. The zero-order valence-corrected chi connectivity index (χ0v) is 12.7. The molecule has 0 aliphatic rings. The number of benzene rings is 1. The molecular formula is C15H18N2O2S. The molecule has 0 spiro atoms. The third-order valence-electron chi connectivity index (χ3n) is 2.65. The van der Waals surface area contributed by atoms with Gasteiger partial charge in [0.05, 0.1) is 0 Å². The number of ether oxygens (including phenoxy) is 1. The lowest BCUT2D eigenvalue weighted by atomic mass is 10.2. The second-order valence-corrected chi connectivity index (χ2v) is 5.75. The molecule has 1 amide bonds. The van der Waals surface area contributed by atoms with E-state index in [9.17, 15) is 4.79 Å². The number of amides is 1. The molecule has 0 aliphatic heterocycles. The molecular weight excluding hydrogens is 272 g/mol. The Hall–Kier alpha value is -1.88. The van der Waals surface area contributed by atoms with E-state index in [4.69, 9.17) is 4.74 Å². The van der Waals surface area contributed by atoms with Gasteiger partial charge in [0.25, 0.3) is 5.91 Å². The molecule has 0 atom stereocenters. The summed E-state index contributed by atoms with van der Waals surface area (Å²) in [6.07, 6.45) is 0. The third kappa shape index (κ3) is 3.81. The standard InChI is InChI=1S/C15H18N2O2S/c1-10(2)16-15(18)12-9-20-14(17-12)8-19-13-7-5-4-6-11(13)3/h4-7,9-10H,8H2,1-3H3,(H,16,18). The van der Waals surface area contributed by atoms with Crippen LogP contribution in [0.5, 0.6) is 5.75 Å². The maximum absolute atomic E-state index is 11.8. The highest BCUT2D eigenvalue weighted by molar-refractivity contribution is 7.09. The molecule has 0 radical (unpaired) electrons. The fraction of sp³-hybridized carbons (Fsp3) is 0.333. The van der Waals surface area contributed by atoms with Crippen molar-refractivity contribution in [3.8, 4) is 5.75 Å². The molecule has 0 fully saturated rings. The first-order valence-corrected chi connectivity index (χ1v) is 7.38. The molecule has 1 aromatic carbocycles. The second-order valence-electron chi connectivity index (χ2n) is 4.81. The van der Waals surface area contributed by atoms with Crippen LogP contribution in [0, 0.1) is 6.92 Å². The van der Waals surface area contributed by atoms with Crippen LogP contribution < -0.4 is 10.1 Å². The van der Waals surface area contributed by atoms with E-state index in [2.05, 4.69) is 10.3 Å². The summed E-state index contributed by atoms with van der Waals surface area (Å²) in [7, 11) is 0. The Kier molecular flexibility index (Phi) is 4.74. The highest BCUT2D eigenvalue weighted by Gasteiger charge is 2.12. The Balaban J connectivity index is 1.96. The van der Waals surface area contributed by atoms with Gasteiger partial charge in [-0.2, -0.15) is 0 Å². The lowest BCUT2D eigenvalue weighted by Crippen LogP contribution is -2.30. The van der Waals surface area contributed by atoms with Crippen LogP contribution >= 0.6 is 11.3 Å². The lowest BCUT2D eigenvalue weighted by molar-refractivity contribution is 0.0938. The van der Waals surface area contributed by atoms with Crippen molar-refractivity contribution in [2.45, 2.75) is 33.4 Å². The smallest absolute Gasteiger partial charge is 0.270 e. The number of hydrogen-bond donors (Lipinski definition) is 1. The van der Waals surface area contributed by atoms with E-state index in [1.165, 1.54) is 11.3 Å². The van der Waals surface area contributed by atoms with E-state index >= 15 is 0 Å². The highest BCUT2D eigenvalue weighted by atomic mass is 32.1. The first-order chi connectivity index (χ1) is 9.56. The van der Waals surface area contributed by atoms with Gasteiger partial charge in [0, 0.05) is 11.4 Å². The van der Waals surface area contributed by atoms with Gasteiger partial charge in [-0.05, 0) is 32.4 Å². The molecule has 1 heterocycles. The number of hydrogen-bond acceptors (Lipinski definition) is 4. The van der Waals surface area contributed by atoms with Crippen molar-refractivity contribution in [2.75, 3.05) is 0 Å². The third-order valence-corrected chi connectivity index (χ3v) is 3.47. The van der Waals surface area contributed by atoms with Crippen molar-refractivity contribution in [2.24, 2.45) is 0 Å². The van der Waals surface area contributed by atoms with Crippen molar-refractivity contribution in [1.29, 1.82) is 0 Å². The van der Waals surface area contributed by atoms with Crippen LogP contribution in [0.25, 0.3) is 0 Å². The van der Waals surface area contributed by atoms with Gasteiger partial charge in [-0.3, -0.25) is 4.79 Å². The van der Waals surface area contributed by atoms with Crippen LogP contribution in [0.15, 0.2) is 29.6 Å². The van der Waals surface area contributed by atoms with Crippen LogP contribution in [0.1, 0.15) is 34.9 Å². The molecule has 0 bridgehead atoms. The van der Waals surface area contributed by atoms with Gasteiger partial charge in [-0.15, -0.1) is 11.3 Å². The van der Waals surface area contributed by atoms with Gasteiger partial charge in [-0.1, -0.05) is 18.2 Å². The zero-order chi connectivity index (χ0) is 14.5. The maximum atomic E-state index is 11.8. The first-order valence-electron chi connectivity index (χ1n) is 6.50. The molecule has 1 aromatic heterocycles. The van der Waals surface area contributed by atoms with Crippen LogP contribution in [0.3, 0.4) is 0 Å². The molecule has 1 N–H and O–H groups in total. The van der Waals surface area contributed by atoms with Gasteiger partial charge in [0.1, 0.15) is 23.1 Å². The van der Waals surface area contributed by atoms with E-state index in [-0.39, 0.29) is 11.9 Å². The number of carbonyl (C=O) groups is 1. The lowest BCUT2D eigenvalue weighted by Gasteiger charge is -2.07. The monoisotopic (exact) mass is 290 g/mol. The minimum Gasteiger partial charge on any atom is -0.486 e. The number of rotatable bonds is 5. The number of thiazole rings is 1. The first kappa shape index (κ1) is 14.5. The summed E-state index contributed by atoms with van der Waals surface area (Å²) >= 11 is 1.43. The van der Waals surface area contributed by atoms with Gasteiger partial charge >= 0.3 is 0 Å². The SMILES string of the molecule is Cc1ccccc1OCc1nc(C(=O)NC(C)C)cs1. The number of aryl methyl sites for hydroxylation is 1. The highest BCUT2D eigenvalue weighted by Crippen LogP contribution is 2.19. The number of para-hydroxylation sites is 1. The van der Waals surface area contributed by atoms with E-state index in [1.807, 2.05) is 45.0 Å². The summed E-state index contributed by atoms with van der Waals surface area (Å²) in [6.45, 7) is 6.22. The Bertz CT molecular complexity index is 593. The predicted octanol–water partition coefficient (Wildman–Crippen LogP) is 3.17. The molecule has 0 saturated heterocycles. The molecule has 20 heavy (non-hydrogen) atoms. The molecule has 2 rings (SSSR count). The summed E-state index contributed by atoms with van der Waals surface area (Å²) in [5.74, 6) is 0.703. The Labute approximate surface area is 122 Å². The number of nitrogens with zero attached hydrogens (tertiary/aromatic N) is 1. The fourth-order valence-corrected chi connectivity index (χ4v) is 2.36. The Morgan fingerprint density at radius 1 is 1.40 bits per heavy atom. The van der Waals surface area contributed by atoms with Crippen LogP contribution in [0.2, 0.25) is 0 Å². The zero-order valence-electron chi connectivity index (χ0n) is 11.8. The average molecular weight is 290 g/mol. The van der Waals surface area contributed by atoms with Crippen LogP contribution in [0.4, 0.5) is 0 Å². The summed E-state index contributed by atoms with van der Waals surface area (Å²) in [5, 5.41) is 5.37. The molecule has 4 nitrogen and oxygen atoms in total. The van der Waals surface area contributed by atoms with Crippen LogP contribution in [-0.4, -0.2) is 16.9 Å². The summed E-state index contributed by atoms with van der Waals surface area (Å²) in [5.41, 5.74) is 1.54. The summed E-state index contributed by atoms with van der Waals surface area (Å²) in [6, 6.07) is 7.94. The van der Waals surface area contributed by atoms with E-state index in [0.717, 1.165) is 16.3 Å². The van der Waals surface area contributed by atoms with Crippen molar-refractivity contribution < 1.29 is 9.53 Å². The van der Waals surface area contributed by atoms with Crippen molar-refractivity contribution in [3.63, 3.8) is 0 Å². The van der Waals surface area contributed by atoms with Crippen molar-refractivity contribution in [3.05, 3.63) is 45.9 Å². The molecule has 0 unspecified atom stereocenters. The van der Waals surface area contributed by atoms with E-state index < -0.39 is 0 Å². The number of nitrogens with one attached hydrogen (secondary N) is 1. The molecule has 2 aromatic rings.